The first-order valence-electron chi connectivity index (χ1n) is 10.0. The van der Waals surface area contributed by atoms with Crippen LogP contribution in [-0.2, 0) is 6.54 Å². The fourth-order valence-corrected chi connectivity index (χ4v) is 4.37. The minimum atomic E-state index is -0.218. The quantitative estimate of drug-likeness (QED) is 0.305. The van der Waals surface area contributed by atoms with Crippen molar-refractivity contribution in [2.45, 2.75) is 39.2 Å². The summed E-state index contributed by atoms with van der Waals surface area (Å²) in [5.41, 5.74) is 3.18. The van der Waals surface area contributed by atoms with Gasteiger partial charge >= 0.3 is 0 Å². The van der Waals surface area contributed by atoms with E-state index in [-0.39, 0.29) is 5.91 Å². The van der Waals surface area contributed by atoms with Crippen LogP contribution in [0.25, 0.3) is 22.3 Å². The SMILES string of the molecule is CCCCCCn1nc(NC(=O)c2cnsc2)c2cc(Br)c(-c3ccccc3)nc21. The first-order valence-corrected chi connectivity index (χ1v) is 11.6. The Labute approximate surface area is 187 Å². The maximum atomic E-state index is 12.6. The lowest BCUT2D eigenvalue weighted by Crippen LogP contribution is -2.12. The number of benzene rings is 1. The van der Waals surface area contributed by atoms with Crippen LogP contribution in [0.2, 0.25) is 0 Å². The molecule has 1 aromatic carbocycles. The van der Waals surface area contributed by atoms with Crippen LogP contribution in [0, 0.1) is 0 Å². The second-order valence-corrected chi connectivity index (χ2v) is 8.57. The highest BCUT2D eigenvalue weighted by atomic mass is 79.9. The third-order valence-corrected chi connectivity index (χ3v) is 6.06. The van der Waals surface area contributed by atoms with Crippen LogP contribution in [0.3, 0.4) is 0 Å². The van der Waals surface area contributed by atoms with Gasteiger partial charge in [-0.2, -0.15) is 5.10 Å². The molecule has 1 N–H and O–H groups in total. The Kier molecular flexibility index (Phi) is 6.54. The number of aryl methyl sites for hydroxylation is 1. The van der Waals surface area contributed by atoms with Gasteiger partial charge in [-0.15, -0.1) is 0 Å². The van der Waals surface area contributed by atoms with E-state index in [9.17, 15) is 4.79 Å². The number of carbonyl (C=O) groups excluding carboxylic acids is 1. The van der Waals surface area contributed by atoms with Crippen LogP contribution in [0.1, 0.15) is 43.0 Å². The van der Waals surface area contributed by atoms with E-state index >= 15 is 0 Å². The molecule has 154 valence electrons. The van der Waals surface area contributed by atoms with Crippen molar-refractivity contribution in [3.05, 3.63) is 58.0 Å². The third kappa shape index (κ3) is 4.44. The van der Waals surface area contributed by atoms with Crippen molar-refractivity contribution in [1.29, 1.82) is 0 Å². The molecule has 0 atom stereocenters. The minimum Gasteiger partial charge on any atom is -0.304 e. The van der Waals surface area contributed by atoms with Crippen LogP contribution in [0.15, 0.2) is 52.4 Å². The monoisotopic (exact) mass is 483 g/mol. The lowest BCUT2D eigenvalue weighted by molar-refractivity contribution is 0.102. The molecule has 0 aliphatic carbocycles. The van der Waals surface area contributed by atoms with E-state index in [1.807, 2.05) is 41.1 Å². The van der Waals surface area contributed by atoms with E-state index in [0.717, 1.165) is 46.1 Å². The number of rotatable bonds is 8. The third-order valence-electron chi connectivity index (χ3n) is 4.87. The van der Waals surface area contributed by atoms with Gasteiger partial charge in [-0.3, -0.25) is 4.79 Å². The van der Waals surface area contributed by atoms with Crippen LogP contribution < -0.4 is 5.32 Å². The highest BCUT2D eigenvalue weighted by Gasteiger charge is 2.18. The number of aromatic nitrogens is 4. The van der Waals surface area contributed by atoms with Crippen LogP contribution in [-0.4, -0.2) is 25.0 Å². The van der Waals surface area contributed by atoms with Crippen LogP contribution in [0.4, 0.5) is 5.82 Å². The molecule has 0 spiro atoms. The Morgan fingerprint density at radius 1 is 1.20 bits per heavy atom. The average molecular weight is 484 g/mol. The number of hydrogen-bond acceptors (Lipinski definition) is 5. The van der Waals surface area contributed by atoms with Crippen molar-refractivity contribution >= 4 is 50.2 Å². The molecule has 0 fully saturated rings. The molecule has 0 aliphatic heterocycles. The molecular weight excluding hydrogens is 462 g/mol. The molecule has 30 heavy (non-hydrogen) atoms. The summed E-state index contributed by atoms with van der Waals surface area (Å²) in [6.45, 7) is 2.96. The van der Waals surface area contributed by atoms with Gasteiger partial charge in [-0.05, 0) is 39.9 Å². The second kappa shape index (κ2) is 9.49. The smallest absolute Gasteiger partial charge is 0.259 e. The number of nitrogens with zero attached hydrogens (tertiary/aromatic N) is 4. The summed E-state index contributed by atoms with van der Waals surface area (Å²) in [6.07, 6.45) is 6.10. The standard InChI is InChI=1S/C22H22BrN5OS/c1-2-3-4-8-11-28-21-17(20(27-28)26-22(29)16-13-24-30-14-16)12-18(23)19(25-21)15-9-6-5-7-10-15/h5-7,9-10,12-14H,2-4,8,11H2,1H3,(H,26,27,29). The van der Waals surface area contributed by atoms with E-state index < -0.39 is 0 Å². The van der Waals surface area contributed by atoms with Gasteiger partial charge in [0.2, 0.25) is 0 Å². The van der Waals surface area contributed by atoms with Crippen molar-refractivity contribution in [3.8, 4) is 11.3 Å². The van der Waals surface area contributed by atoms with E-state index in [1.54, 1.807) is 11.6 Å². The zero-order valence-corrected chi connectivity index (χ0v) is 19.0. The van der Waals surface area contributed by atoms with Gasteiger partial charge < -0.3 is 5.32 Å². The molecule has 8 heteroatoms. The molecule has 3 heterocycles. The summed E-state index contributed by atoms with van der Waals surface area (Å²) in [5.74, 6) is 0.300. The Morgan fingerprint density at radius 3 is 2.77 bits per heavy atom. The number of anilines is 1. The fourth-order valence-electron chi connectivity index (χ4n) is 3.30. The zero-order chi connectivity index (χ0) is 20.9. The lowest BCUT2D eigenvalue weighted by atomic mass is 10.1. The fraction of sp³-hybridized carbons (Fsp3) is 0.273. The molecule has 0 unspecified atom stereocenters. The highest BCUT2D eigenvalue weighted by Crippen LogP contribution is 2.33. The zero-order valence-electron chi connectivity index (χ0n) is 16.6. The molecule has 0 radical (unpaired) electrons. The number of hydrogen-bond donors (Lipinski definition) is 1. The van der Waals surface area contributed by atoms with Crippen molar-refractivity contribution < 1.29 is 4.79 Å². The number of carbonyl (C=O) groups is 1. The average Bonchev–Trinajstić information content (AvgIpc) is 3.40. The summed E-state index contributed by atoms with van der Waals surface area (Å²) in [5, 5.41) is 10.2. The number of amides is 1. The molecule has 1 amide bonds. The van der Waals surface area contributed by atoms with Crippen LogP contribution >= 0.6 is 27.5 Å². The molecule has 0 aliphatic rings. The summed E-state index contributed by atoms with van der Waals surface area (Å²) in [6, 6.07) is 12.0. The summed E-state index contributed by atoms with van der Waals surface area (Å²) >= 11 is 4.90. The summed E-state index contributed by atoms with van der Waals surface area (Å²) in [7, 11) is 0. The molecule has 4 rings (SSSR count). The first-order chi connectivity index (χ1) is 14.7. The first kappa shape index (κ1) is 20.7. The maximum absolute atomic E-state index is 12.6. The lowest BCUT2D eigenvalue weighted by Gasteiger charge is -2.07. The summed E-state index contributed by atoms with van der Waals surface area (Å²) < 4.78 is 6.77. The highest BCUT2D eigenvalue weighted by molar-refractivity contribution is 9.10. The van der Waals surface area contributed by atoms with Crippen molar-refractivity contribution in [1.82, 2.24) is 19.1 Å². The second-order valence-electron chi connectivity index (χ2n) is 7.06. The molecule has 0 saturated carbocycles. The molecular formula is C22H22BrN5OS. The predicted molar refractivity (Wildman–Crippen MR) is 125 cm³/mol. The Balaban J connectivity index is 1.74. The van der Waals surface area contributed by atoms with Crippen molar-refractivity contribution in [2.75, 3.05) is 5.32 Å². The van der Waals surface area contributed by atoms with Gasteiger partial charge in [0.15, 0.2) is 11.5 Å². The normalized spacial score (nSPS) is 11.1. The molecule has 3 aromatic heterocycles. The summed E-state index contributed by atoms with van der Waals surface area (Å²) in [4.78, 5) is 17.5. The molecule has 6 nitrogen and oxygen atoms in total. The molecule has 0 saturated heterocycles. The van der Waals surface area contributed by atoms with E-state index in [1.165, 1.54) is 24.4 Å². The number of unbranched alkanes of at least 4 members (excludes halogenated alkanes) is 3. The predicted octanol–water partition coefficient (Wildman–Crippen LogP) is 6.15. The number of pyridine rings is 1. The molecule has 0 bridgehead atoms. The van der Waals surface area contributed by atoms with Gasteiger partial charge in [0.25, 0.3) is 5.91 Å². The number of halogens is 1. The van der Waals surface area contributed by atoms with Gasteiger partial charge in [0.05, 0.1) is 22.8 Å². The minimum absolute atomic E-state index is 0.218. The van der Waals surface area contributed by atoms with Gasteiger partial charge in [0.1, 0.15) is 0 Å². The van der Waals surface area contributed by atoms with Crippen molar-refractivity contribution in [2.24, 2.45) is 0 Å². The van der Waals surface area contributed by atoms with E-state index in [4.69, 9.17) is 10.1 Å². The Morgan fingerprint density at radius 2 is 2.03 bits per heavy atom. The van der Waals surface area contributed by atoms with Gasteiger partial charge in [0, 0.05) is 22.0 Å². The topological polar surface area (TPSA) is 72.7 Å². The van der Waals surface area contributed by atoms with Gasteiger partial charge in [-0.25, -0.2) is 14.0 Å². The van der Waals surface area contributed by atoms with E-state index in [0.29, 0.717) is 11.4 Å². The molecule has 4 aromatic rings. The Bertz CT molecular complexity index is 1140. The largest absolute Gasteiger partial charge is 0.304 e. The maximum Gasteiger partial charge on any atom is 0.259 e. The number of fused-ring (bicyclic) bond motifs is 1. The van der Waals surface area contributed by atoms with Gasteiger partial charge in [-0.1, -0.05) is 56.5 Å². The van der Waals surface area contributed by atoms with Crippen molar-refractivity contribution in [3.63, 3.8) is 0 Å². The number of nitrogens with one attached hydrogen (secondary N) is 1. The van der Waals surface area contributed by atoms with E-state index in [2.05, 4.69) is 32.5 Å². The Hall–Kier alpha value is -2.58. The van der Waals surface area contributed by atoms with Crippen LogP contribution in [0.5, 0.6) is 0 Å².